The maximum absolute atomic E-state index is 11.6. The fourth-order valence-electron chi connectivity index (χ4n) is 1.09. The van der Waals surface area contributed by atoms with Crippen molar-refractivity contribution in [3.05, 3.63) is 23.8 Å². The van der Waals surface area contributed by atoms with Crippen LogP contribution in [0.3, 0.4) is 0 Å². The minimum atomic E-state index is -0.120. The Morgan fingerprint density at radius 3 is 2.80 bits per heavy atom. The van der Waals surface area contributed by atoms with Crippen LogP contribution < -0.4 is 5.32 Å². The summed E-state index contributed by atoms with van der Waals surface area (Å²) < 4.78 is 0. The van der Waals surface area contributed by atoms with Crippen LogP contribution in [0.4, 0.5) is 5.69 Å². The van der Waals surface area contributed by atoms with Crippen LogP contribution in [0.2, 0.25) is 0 Å². The molecule has 0 aliphatic carbocycles. The lowest BCUT2D eigenvalue weighted by Crippen LogP contribution is -2.22. The number of nitrogens with one attached hydrogen (secondary N) is 1. The highest BCUT2D eigenvalue weighted by atomic mass is 32.2. The summed E-state index contributed by atoms with van der Waals surface area (Å²) in [5, 5.41) is 12.1. The molecule has 1 atom stereocenters. The number of rotatable bonds is 3. The Kier molecular flexibility index (Phi) is 4.03. The first-order valence-corrected chi connectivity index (χ1v) is 5.96. The first-order chi connectivity index (χ1) is 7.04. The second kappa shape index (κ2) is 5.07. The molecule has 0 heterocycles. The smallest absolute Gasteiger partial charge is 0.237 e. The number of anilines is 1. The van der Waals surface area contributed by atoms with Gasteiger partial charge in [0, 0.05) is 0 Å². The molecule has 15 heavy (non-hydrogen) atoms. The fraction of sp³-hybridized carbons (Fsp3) is 0.364. The number of amides is 1. The monoisotopic (exact) mass is 225 g/mol. The van der Waals surface area contributed by atoms with E-state index in [0.717, 1.165) is 5.56 Å². The zero-order valence-electron chi connectivity index (χ0n) is 9.07. The van der Waals surface area contributed by atoms with Gasteiger partial charge in [0.05, 0.1) is 10.9 Å². The van der Waals surface area contributed by atoms with E-state index >= 15 is 0 Å². The van der Waals surface area contributed by atoms with E-state index in [1.165, 1.54) is 11.8 Å². The molecule has 2 N–H and O–H groups in total. The lowest BCUT2D eigenvalue weighted by Gasteiger charge is -2.11. The van der Waals surface area contributed by atoms with Gasteiger partial charge in [0.2, 0.25) is 5.91 Å². The van der Waals surface area contributed by atoms with Crippen molar-refractivity contribution in [3.8, 4) is 5.75 Å². The topological polar surface area (TPSA) is 49.3 Å². The third kappa shape index (κ3) is 3.16. The van der Waals surface area contributed by atoms with Gasteiger partial charge in [-0.25, -0.2) is 0 Å². The van der Waals surface area contributed by atoms with Crippen LogP contribution >= 0.6 is 11.8 Å². The summed E-state index contributed by atoms with van der Waals surface area (Å²) in [6, 6.07) is 5.12. The molecule has 0 spiro atoms. The van der Waals surface area contributed by atoms with E-state index in [2.05, 4.69) is 5.32 Å². The van der Waals surface area contributed by atoms with Crippen molar-refractivity contribution in [1.82, 2.24) is 0 Å². The number of hydrogen-bond donors (Lipinski definition) is 2. The molecule has 0 radical (unpaired) electrons. The third-order valence-corrected chi connectivity index (χ3v) is 3.05. The van der Waals surface area contributed by atoms with Crippen LogP contribution in [0.5, 0.6) is 5.75 Å². The number of carbonyl (C=O) groups is 1. The van der Waals surface area contributed by atoms with E-state index in [1.54, 1.807) is 18.2 Å². The summed E-state index contributed by atoms with van der Waals surface area (Å²) in [7, 11) is 0. The molecule has 4 heteroatoms. The van der Waals surface area contributed by atoms with Crippen molar-refractivity contribution in [2.24, 2.45) is 0 Å². The Morgan fingerprint density at radius 2 is 2.20 bits per heavy atom. The van der Waals surface area contributed by atoms with Crippen molar-refractivity contribution in [3.63, 3.8) is 0 Å². The maximum Gasteiger partial charge on any atom is 0.237 e. The summed E-state index contributed by atoms with van der Waals surface area (Å²) in [4.78, 5) is 11.6. The molecule has 3 nitrogen and oxygen atoms in total. The summed E-state index contributed by atoms with van der Waals surface area (Å²) in [5.74, 6) is 0.00523. The van der Waals surface area contributed by atoms with Crippen molar-refractivity contribution in [1.29, 1.82) is 0 Å². The van der Waals surface area contributed by atoms with Gasteiger partial charge in [0.25, 0.3) is 0 Å². The van der Waals surface area contributed by atoms with Gasteiger partial charge in [-0.15, -0.1) is 0 Å². The molecule has 0 bridgehead atoms. The molecule has 0 aliphatic heterocycles. The number of aryl methyl sites for hydroxylation is 1. The molecule has 1 amide bonds. The van der Waals surface area contributed by atoms with Gasteiger partial charge in [-0.3, -0.25) is 4.79 Å². The fourth-order valence-corrected chi connectivity index (χ4v) is 1.36. The van der Waals surface area contributed by atoms with Gasteiger partial charge in [-0.2, -0.15) is 11.8 Å². The minimum absolute atomic E-state index is 0.0941. The molecule has 0 aliphatic rings. The molecule has 1 rings (SSSR count). The molecule has 1 unspecified atom stereocenters. The maximum atomic E-state index is 11.6. The van der Waals surface area contributed by atoms with E-state index in [4.69, 9.17) is 0 Å². The van der Waals surface area contributed by atoms with Crippen molar-refractivity contribution in [2.75, 3.05) is 11.6 Å². The van der Waals surface area contributed by atoms with Crippen LogP contribution in [-0.4, -0.2) is 22.5 Å². The average molecular weight is 225 g/mol. The van der Waals surface area contributed by atoms with E-state index in [-0.39, 0.29) is 16.9 Å². The number of carbonyl (C=O) groups excluding carboxylic acids is 1. The van der Waals surface area contributed by atoms with Gasteiger partial charge in [-0.05, 0) is 37.8 Å². The molecule has 0 aromatic heterocycles. The molecule has 0 saturated heterocycles. The second-order valence-corrected chi connectivity index (χ2v) is 4.57. The minimum Gasteiger partial charge on any atom is -0.506 e. The molecule has 1 aromatic carbocycles. The average Bonchev–Trinajstić information content (AvgIpc) is 2.22. The highest BCUT2D eigenvalue weighted by Gasteiger charge is 2.12. The van der Waals surface area contributed by atoms with Gasteiger partial charge < -0.3 is 10.4 Å². The first kappa shape index (κ1) is 11.9. The molecular formula is C11H15NO2S. The van der Waals surface area contributed by atoms with E-state index in [9.17, 15) is 9.90 Å². The summed E-state index contributed by atoms with van der Waals surface area (Å²) in [6.45, 7) is 3.74. The molecule has 82 valence electrons. The van der Waals surface area contributed by atoms with Crippen molar-refractivity contribution in [2.45, 2.75) is 19.1 Å². The zero-order chi connectivity index (χ0) is 11.4. The van der Waals surface area contributed by atoms with Gasteiger partial charge in [0.1, 0.15) is 5.75 Å². The number of thioether (sulfide) groups is 1. The summed E-state index contributed by atoms with van der Waals surface area (Å²) >= 11 is 1.47. The van der Waals surface area contributed by atoms with Crippen LogP contribution in [0, 0.1) is 6.92 Å². The Morgan fingerprint density at radius 1 is 1.53 bits per heavy atom. The quantitative estimate of drug-likeness (QED) is 0.776. The van der Waals surface area contributed by atoms with E-state index < -0.39 is 0 Å². The zero-order valence-corrected chi connectivity index (χ0v) is 9.89. The largest absolute Gasteiger partial charge is 0.506 e. The standard InChI is InChI=1S/C11H15NO2S/c1-7-4-5-10(13)9(6-7)12-11(14)8(2)15-3/h4-6,8,13H,1-3H3,(H,12,14). The van der Waals surface area contributed by atoms with Gasteiger partial charge in [0.15, 0.2) is 0 Å². The van der Waals surface area contributed by atoms with Crippen LogP contribution in [0.1, 0.15) is 12.5 Å². The number of hydrogen-bond acceptors (Lipinski definition) is 3. The summed E-state index contributed by atoms with van der Waals surface area (Å²) in [5.41, 5.74) is 1.47. The predicted octanol–water partition coefficient (Wildman–Crippen LogP) is 2.39. The number of phenolic OH excluding ortho intramolecular Hbond substituents is 1. The number of phenols is 1. The van der Waals surface area contributed by atoms with Crippen molar-refractivity contribution >= 4 is 23.4 Å². The first-order valence-electron chi connectivity index (χ1n) is 4.68. The van der Waals surface area contributed by atoms with Crippen LogP contribution in [-0.2, 0) is 4.79 Å². The lowest BCUT2D eigenvalue weighted by atomic mass is 10.2. The number of aromatic hydroxyl groups is 1. The van der Waals surface area contributed by atoms with Gasteiger partial charge in [-0.1, -0.05) is 6.07 Å². The van der Waals surface area contributed by atoms with E-state index in [1.807, 2.05) is 20.1 Å². The second-order valence-electron chi connectivity index (χ2n) is 3.39. The Hall–Kier alpha value is -1.16. The Labute approximate surface area is 93.9 Å². The molecular weight excluding hydrogens is 210 g/mol. The predicted molar refractivity (Wildman–Crippen MR) is 64.5 cm³/mol. The molecule has 0 saturated carbocycles. The highest BCUT2D eigenvalue weighted by Crippen LogP contribution is 2.24. The Bertz CT molecular complexity index is 366. The Balaban J connectivity index is 2.80. The molecule has 0 fully saturated rings. The summed E-state index contributed by atoms with van der Waals surface area (Å²) in [6.07, 6.45) is 1.88. The highest BCUT2D eigenvalue weighted by molar-refractivity contribution is 7.99. The van der Waals surface area contributed by atoms with E-state index in [0.29, 0.717) is 5.69 Å². The SMILES string of the molecule is CSC(C)C(=O)Nc1cc(C)ccc1O. The number of benzene rings is 1. The molecule has 1 aromatic rings. The normalized spacial score (nSPS) is 12.2. The van der Waals surface area contributed by atoms with Crippen LogP contribution in [0.15, 0.2) is 18.2 Å². The third-order valence-electron chi connectivity index (χ3n) is 2.13. The van der Waals surface area contributed by atoms with Crippen LogP contribution in [0.25, 0.3) is 0 Å². The van der Waals surface area contributed by atoms with Gasteiger partial charge >= 0.3 is 0 Å². The lowest BCUT2D eigenvalue weighted by molar-refractivity contribution is -0.115. The van der Waals surface area contributed by atoms with Crippen molar-refractivity contribution < 1.29 is 9.90 Å².